The molecule has 1 heterocycles. The summed E-state index contributed by atoms with van der Waals surface area (Å²) >= 11 is 5.95. The zero-order valence-corrected chi connectivity index (χ0v) is 13.0. The van der Waals surface area contributed by atoms with Crippen LogP contribution >= 0.6 is 11.6 Å². The average molecular weight is 309 g/mol. The van der Waals surface area contributed by atoms with E-state index < -0.39 is 5.54 Å². The summed E-state index contributed by atoms with van der Waals surface area (Å²) in [7, 11) is 0. The molecule has 1 amide bonds. The van der Waals surface area contributed by atoms with Gasteiger partial charge in [-0.1, -0.05) is 17.7 Å². The average Bonchev–Trinajstić information content (AvgIpc) is 3.20. The molecule has 2 aliphatic rings. The predicted octanol–water partition coefficient (Wildman–Crippen LogP) is 2.45. The van der Waals surface area contributed by atoms with E-state index in [0.29, 0.717) is 24.0 Å². The molecule has 0 radical (unpaired) electrons. The smallest absolute Gasteiger partial charge is 0.242 e. The molecule has 1 saturated heterocycles. The van der Waals surface area contributed by atoms with Crippen molar-refractivity contribution in [2.75, 3.05) is 13.1 Å². The van der Waals surface area contributed by atoms with Crippen LogP contribution in [0.25, 0.3) is 0 Å². The third kappa shape index (κ3) is 3.16. The van der Waals surface area contributed by atoms with Crippen molar-refractivity contribution in [3.63, 3.8) is 0 Å². The van der Waals surface area contributed by atoms with Crippen molar-refractivity contribution in [1.29, 1.82) is 0 Å². The van der Waals surface area contributed by atoms with Crippen molar-refractivity contribution in [3.05, 3.63) is 29.3 Å². The van der Waals surface area contributed by atoms with Gasteiger partial charge in [0.05, 0.1) is 12.1 Å². The highest BCUT2D eigenvalue weighted by molar-refractivity contribution is 6.30. The van der Waals surface area contributed by atoms with Crippen molar-refractivity contribution in [2.45, 2.75) is 37.8 Å². The Morgan fingerprint density at radius 3 is 2.86 bits per heavy atom. The molecule has 21 heavy (non-hydrogen) atoms. The first-order valence-electron chi connectivity index (χ1n) is 7.47. The van der Waals surface area contributed by atoms with Crippen LogP contribution in [-0.2, 0) is 4.79 Å². The standard InChI is InChI=1S/C16H21ClN2O2/c1-16(18,11-5-6-11)15(20)19-8-7-14(10-19)21-13-4-2-3-12(17)9-13/h2-4,9,11,14H,5-8,10,18H2,1H3/t14-,16-/m1/s1. The van der Waals surface area contributed by atoms with Gasteiger partial charge < -0.3 is 15.4 Å². The van der Waals surface area contributed by atoms with Gasteiger partial charge in [0.1, 0.15) is 11.9 Å². The maximum absolute atomic E-state index is 12.5. The fraction of sp³-hybridized carbons (Fsp3) is 0.562. The number of likely N-dealkylation sites (tertiary alicyclic amines) is 1. The van der Waals surface area contributed by atoms with E-state index >= 15 is 0 Å². The molecule has 0 bridgehead atoms. The number of nitrogens with zero attached hydrogens (tertiary/aromatic N) is 1. The van der Waals surface area contributed by atoms with Crippen molar-refractivity contribution in [3.8, 4) is 5.75 Å². The Morgan fingerprint density at radius 2 is 2.19 bits per heavy atom. The number of halogens is 1. The Morgan fingerprint density at radius 1 is 1.43 bits per heavy atom. The number of carbonyl (C=O) groups is 1. The third-order valence-corrected chi connectivity index (χ3v) is 4.65. The van der Waals surface area contributed by atoms with Crippen LogP contribution < -0.4 is 10.5 Å². The largest absolute Gasteiger partial charge is 0.488 e. The van der Waals surface area contributed by atoms with Crippen LogP contribution in [0.1, 0.15) is 26.2 Å². The number of benzene rings is 1. The molecule has 3 rings (SSSR count). The molecular weight excluding hydrogens is 288 g/mol. The van der Waals surface area contributed by atoms with E-state index in [9.17, 15) is 4.79 Å². The lowest BCUT2D eigenvalue weighted by Gasteiger charge is -2.29. The van der Waals surface area contributed by atoms with Crippen LogP contribution in [0.4, 0.5) is 0 Å². The highest BCUT2D eigenvalue weighted by Gasteiger charge is 2.47. The molecule has 1 aromatic carbocycles. The minimum atomic E-state index is -0.717. The van der Waals surface area contributed by atoms with Gasteiger partial charge in [-0.2, -0.15) is 0 Å². The van der Waals surface area contributed by atoms with Gasteiger partial charge in [-0.15, -0.1) is 0 Å². The maximum Gasteiger partial charge on any atom is 0.242 e. The van der Waals surface area contributed by atoms with Crippen molar-refractivity contribution in [1.82, 2.24) is 4.90 Å². The van der Waals surface area contributed by atoms with E-state index in [1.54, 1.807) is 6.07 Å². The summed E-state index contributed by atoms with van der Waals surface area (Å²) in [4.78, 5) is 14.4. The summed E-state index contributed by atoms with van der Waals surface area (Å²) < 4.78 is 5.91. The zero-order valence-electron chi connectivity index (χ0n) is 12.2. The second-order valence-corrected chi connectivity index (χ2v) is 6.73. The fourth-order valence-corrected chi connectivity index (χ4v) is 3.12. The van der Waals surface area contributed by atoms with Gasteiger partial charge >= 0.3 is 0 Å². The molecule has 0 unspecified atom stereocenters. The number of hydrogen-bond donors (Lipinski definition) is 1. The molecule has 1 aliphatic heterocycles. The Hall–Kier alpha value is -1.26. The number of rotatable bonds is 4. The number of ether oxygens (including phenoxy) is 1. The van der Waals surface area contributed by atoms with E-state index in [-0.39, 0.29) is 12.0 Å². The molecule has 0 spiro atoms. The van der Waals surface area contributed by atoms with Gasteiger partial charge in [0, 0.05) is 18.0 Å². The summed E-state index contributed by atoms with van der Waals surface area (Å²) in [5.74, 6) is 1.15. The molecule has 1 aliphatic carbocycles. The highest BCUT2D eigenvalue weighted by atomic mass is 35.5. The summed E-state index contributed by atoms with van der Waals surface area (Å²) in [5, 5.41) is 0.654. The highest BCUT2D eigenvalue weighted by Crippen LogP contribution is 2.39. The number of nitrogens with two attached hydrogens (primary N) is 1. The third-order valence-electron chi connectivity index (χ3n) is 4.42. The fourth-order valence-electron chi connectivity index (χ4n) is 2.94. The maximum atomic E-state index is 12.5. The Balaban J connectivity index is 1.59. The van der Waals surface area contributed by atoms with Gasteiger partial charge in [-0.05, 0) is 43.9 Å². The summed E-state index contributed by atoms with van der Waals surface area (Å²) in [6, 6.07) is 7.35. The number of hydrogen-bond acceptors (Lipinski definition) is 3. The molecule has 114 valence electrons. The first-order chi connectivity index (χ1) is 9.96. The molecule has 2 atom stereocenters. The van der Waals surface area contributed by atoms with E-state index in [1.807, 2.05) is 30.0 Å². The molecule has 1 aromatic rings. The second-order valence-electron chi connectivity index (χ2n) is 6.29. The summed E-state index contributed by atoms with van der Waals surface area (Å²) in [6.45, 7) is 3.17. The van der Waals surface area contributed by atoms with Gasteiger partial charge in [0.25, 0.3) is 0 Å². The van der Waals surface area contributed by atoms with E-state index in [2.05, 4.69) is 0 Å². The van der Waals surface area contributed by atoms with E-state index in [4.69, 9.17) is 22.1 Å². The SMILES string of the molecule is C[C@](N)(C(=O)N1CC[C@@H](Oc2cccc(Cl)c2)C1)C1CC1. The van der Waals surface area contributed by atoms with Crippen LogP contribution in [0.3, 0.4) is 0 Å². The van der Waals surface area contributed by atoms with Crippen molar-refractivity contribution < 1.29 is 9.53 Å². The molecule has 5 heteroatoms. The van der Waals surface area contributed by atoms with Gasteiger partial charge in [0.2, 0.25) is 5.91 Å². The molecular formula is C16H21ClN2O2. The van der Waals surface area contributed by atoms with Crippen molar-refractivity contribution >= 4 is 17.5 Å². The quantitative estimate of drug-likeness (QED) is 0.929. The number of amides is 1. The normalized spacial score (nSPS) is 24.7. The van der Waals surface area contributed by atoms with Crippen LogP contribution in [-0.4, -0.2) is 35.5 Å². The first-order valence-corrected chi connectivity index (χ1v) is 7.85. The number of carbonyl (C=O) groups excluding carboxylic acids is 1. The minimum absolute atomic E-state index is 0.0161. The lowest BCUT2D eigenvalue weighted by atomic mass is 9.95. The van der Waals surface area contributed by atoms with E-state index in [1.165, 1.54) is 0 Å². The van der Waals surface area contributed by atoms with Crippen LogP contribution in [0.5, 0.6) is 5.75 Å². The molecule has 0 aromatic heterocycles. The van der Waals surface area contributed by atoms with Gasteiger partial charge in [-0.25, -0.2) is 0 Å². The Labute approximate surface area is 130 Å². The predicted molar refractivity (Wildman–Crippen MR) is 82.4 cm³/mol. The zero-order chi connectivity index (χ0) is 15.0. The monoisotopic (exact) mass is 308 g/mol. The van der Waals surface area contributed by atoms with Crippen LogP contribution in [0.15, 0.2) is 24.3 Å². The summed E-state index contributed by atoms with van der Waals surface area (Å²) in [6.07, 6.45) is 2.98. The lowest BCUT2D eigenvalue weighted by Crippen LogP contribution is -2.54. The molecule has 2 N–H and O–H groups in total. The molecule has 2 fully saturated rings. The molecule has 1 saturated carbocycles. The van der Waals surface area contributed by atoms with E-state index in [0.717, 1.165) is 25.0 Å². The van der Waals surface area contributed by atoms with Gasteiger partial charge in [0.15, 0.2) is 0 Å². The Bertz CT molecular complexity index is 543. The van der Waals surface area contributed by atoms with Crippen LogP contribution in [0, 0.1) is 5.92 Å². The minimum Gasteiger partial charge on any atom is -0.488 e. The van der Waals surface area contributed by atoms with Crippen molar-refractivity contribution in [2.24, 2.45) is 11.7 Å². The van der Waals surface area contributed by atoms with Gasteiger partial charge in [-0.3, -0.25) is 4.79 Å². The molecule has 4 nitrogen and oxygen atoms in total. The summed E-state index contributed by atoms with van der Waals surface area (Å²) in [5.41, 5.74) is 5.50. The lowest BCUT2D eigenvalue weighted by molar-refractivity contribution is -0.136. The first kappa shape index (κ1) is 14.7. The van der Waals surface area contributed by atoms with Crippen LogP contribution in [0.2, 0.25) is 5.02 Å². The Kier molecular flexibility index (Phi) is 3.84. The second kappa shape index (κ2) is 5.50. The topological polar surface area (TPSA) is 55.6 Å².